The van der Waals surface area contributed by atoms with Crippen molar-refractivity contribution in [2.75, 3.05) is 6.26 Å². The zero-order valence-electron chi connectivity index (χ0n) is 7.90. The highest BCUT2D eigenvalue weighted by atomic mass is 32.2. The molecule has 6 nitrogen and oxygen atoms in total. The van der Waals surface area contributed by atoms with Gasteiger partial charge in [-0.25, -0.2) is 8.42 Å². The van der Waals surface area contributed by atoms with Gasteiger partial charge in [-0.15, -0.1) is 10.2 Å². The zero-order valence-corrected chi connectivity index (χ0v) is 8.72. The summed E-state index contributed by atoms with van der Waals surface area (Å²) in [5.41, 5.74) is 0.771. The maximum Gasteiger partial charge on any atom is 0.210 e. The van der Waals surface area contributed by atoms with Crippen LogP contribution in [0, 0.1) is 0 Å². The third-order valence-electron chi connectivity index (χ3n) is 1.97. The van der Waals surface area contributed by atoms with E-state index in [9.17, 15) is 8.42 Å². The number of rotatable bonds is 2. The third kappa shape index (κ3) is 2.07. The van der Waals surface area contributed by atoms with Gasteiger partial charge in [-0.1, -0.05) is 12.1 Å². The van der Waals surface area contributed by atoms with Gasteiger partial charge in [0, 0.05) is 11.8 Å². The number of hydrogen-bond acceptors (Lipinski definition) is 6. The van der Waals surface area contributed by atoms with Crippen molar-refractivity contribution in [3.8, 4) is 0 Å². The molecule has 0 aromatic heterocycles. The molecule has 15 heavy (non-hydrogen) atoms. The smallest absolute Gasteiger partial charge is 0.210 e. The van der Waals surface area contributed by atoms with Crippen LogP contribution in [0.2, 0.25) is 0 Å². The molecule has 0 aliphatic carbocycles. The molecule has 0 spiro atoms. The van der Waals surface area contributed by atoms with Crippen molar-refractivity contribution in [1.82, 2.24) is 0 Å². The lowest BCUT2D eigenvalue weighted by atomic mass is 10.2. The molecule has 78 valence electrons. The second-order valence-electron chi connectivity index (χ2n) is 3.12. The molecule has 1 aliphatic heterocycles. The van der Waals surface area contributed by atoms with Crippen molar-refractivity contribution in [1.29, 1.82) is 0 Å². The average molecular weight is 224 g/mol. The highest BCUT2D eigenvalue weighted by Crippen LogP contribution is 2.24. The van der Waals surface area contributed by atoms with Gasteiger partial charge in [0.15, 0.2) is 9.84 Å². The highest BCUT2D eigenvalue weighted by molar-refractivity contribution is 7.90. The largest absolute Gasteiger partial charge is 0.224 e. The number of sulfone groups is 1. The minimum absolute atomic E-state index is 0.276. The molecule has 0 saturated carbocycles. The van der Waals surface area contributed by atoms with Crippen molar-refractivity contribution in [3.05, 3.63) is 29.8 Å². The molecule has 0 unspecified atom stereocenters. The monoisotopic (exact) mass is 224 g/mol. The van der Waals surface area contributed by atoms with Crippen molar-refractivity contribution < 1.29 is 8.42 Å². The highest BCUT2D eigenvalue weighted by Gasteiger charge is 2.13. The summed E-state index contributed by atoms with van der Waals surface area (Å²) in [6, 6.07) is 6.36. The van der Waals surface area contributed by atoms with Crippen LogP contribution < -0.4 is 0 Å². The molecule has 0 bridgehead atoms. The van der Waals surface area contributed by atoms with E-state index in [-0.39, 0.29) is 4.90 Å². The molecule has 2 rings (SSSR count). The minimum atomic E-state index is -3.15. The second kappa shape index (κ2) is 3.50. The van der Waals surface area contributed by atoms with Gasteiger partial charge in [0.1, 0.15) is 0 Å². The van der Waals surface area contributed by atoms with Gasteiger partial charge >= 0.3 is 0 Å². The SMILES string of the molecule is CS(=O)(=O)c1ccc(C2N=NN=N2)cc1. The maximum atomic E-state index is 11.2. The summed E-state index contributed by atoms with van der Waals surface area (Å²) >= 11 is 0. The van der Waals surface area contributed by atoms with Gasteiger partial charge in [0.2, 0.25) is 6.17 Å². The summed E-state index contributed by atoms with van der Waals surface area (Å²) in [6.07, 6.45) is 0.732. The standard InChI is InChI=1S/C8H8N4O2S/c1-15(13,14)7-4-2-6(3-5-7)8-9-11-12-10-8/h2-5,8H,1H3. The van der Waals surface area contributed by atoms with Crippen LogP contribution in [0.3, 0.4) is 0 Å². The molecule has 0 saturated heterocycles. The molecular weight excluding hydrogens is 216 g/mol. The first-order chi connectivity index (χ1) is 7.07. The van der Waals surface area contributed by atoms with Crippen molar-refractivity contribution in [2.24, 2.45) is 20.7 Å². The van der Waals surface area contributed by atoms with Gasteiger partial charge in [-0.3, -0.25) is 0 Å². The quantitative estimate of drug-likeness (QED) is 0.768. The van der Waals surface area contributed by atoms with E-state index in [1.54, 1.807) is 12.1 Å². The summed E-state index contributed by atoms with van der Waals surface area (Å²) < 4.78 is 22.4. The number of nitrogens with zero attached hydrogens (tertiary/aromatic N) is 4. The van der Waals surface area contributed by atoms with Crippen molar-refractivity contribution in [3.63, 3.8) is 0 Å². The Hall–Kier alpha value is -1.63. The summed E-state index contributed by atoms with van der Waals surface area (Å²) in [5, 5.41) is 14.2. The topological polar surface area (TPSA) is 83.6 Å². The molecule has 7 heteroatoms. The zero-order chi connectivity index (χ0) is 10.9. The van der Waals surface area contributed by atoms with Crippen LogP contribution >= 0.6 is 0 Å². The summed E-state index contributed by atoms with van der Waals surface area (Å²) in [4.78, 5) is 0.276. The maximum absolute atomic E-state index is 11.2. The normalized spacial score (nSPS) is 16.1. The lowest BCUT2D eigenvalue weighted by molar-refractivity contribution is 0.601. The molecule has 0 amide bonds. The summed E-state index contributed by atoms with van der Waals surface area (Å²) in [6.45, 7) is 0. The Morgan fingerprint density at radius 1 is 1.07 bits per heavy atom. The van der Waals surface area contributed by atoms with Crippen LogP contribution in [-0.4, -0.2) is 14.7 Å². The number of hydrogen-bond donors (Lipinski definition) is 0. The molecule has 1 aromatic rings. The van der Waals surface area contributed by atoms with E-state index < -0.39 is 16.0 Å². The summed E-state index contributed by atoms with van der Waals surface area (Å²) in [5.74, 6) is 0. The fourth-order valence-electron chi connectivity index (χ4n) is 1.19. The molecule has 1 heterocycles. The van der Waals surface area contributed by atoms with Crippen LogP contribution in [0.15, 0.2) is 49.8 Å². The Balaban J connectivity index is 2.32. The van der Waals surface area contributed by atoms with Gasteiger partial charge in [-0.2, -0.15) is 0 Å². The predicted molar refractivity (Wildman–Crippen MR) is 52.0 cm³/mol. The van der Waals surface area contributed by atoms with Crippen molar-refractivity contribution >= 4 is 9.84 Å². The van der Waals surface area contributed by atoms with Gasteiger partial charge in [0.05, 0.1) is 4.90 Å². The third-order valence-corrected chi connectivity index (χ3v) is 3.10. The lowest BCUT2D eigenvalue weighted by Gasteiger charge is -2.02. The van der Waals surface area contributed by atoms with E-state index in [0.29, 0.717) is 0 Å². The van der Waals surface area contributed by atoms with Gasteiger partial charge in [0.25, 0.3) is 0 Å². The van der Waals surface area contributed by atoms with E-state index in [2.05, 4.69) is 20.7 Å². The van der Waals surface area contributed by atoms with E-state index >= 15 is 0 Å². The van der Waals surface area contributed by atoms with Crippen LogP contribution in [0.25, 0.3) is 0 Å². The van der Waals surface area contributed by atoms with Crippen LogP contribution in [0.1, 0.15) is 11.7 Å². The van der Waals surface area contributed by atoms with E-state index in [0.717, 1.165) is 11.8 Å². The lowest BCUT2D eigenvalue weighted by Crippen LogP contribution is -1.97. The molecule has 1 aromatic carbocycles. The second-order valence-corrected chi connectivity index (χ2v) is 5.14. The first-order valence-corrected chi connectivity index (χ1v) is 6.06. The Morgan fingerprint density at radius 3 is 2.07 bits per heavy atom. The summed E-state index contributed by atoms with van der Waals surface area (Å²) in [7, 11) is -3.15. The minimum Gasteiger partial charge on any atom is -0.224 e. The molecular formula is C8H8N4O2S. The first kappa shape index (κ1) is 9.91. The Bertz CT molecular complexity index is 506. The Kier molecular flexibility index (Phi) is 2.31. The van der Waals surface area contributed by atoms with E-state index in [1.807, 2.05) is 0 Å². The molecule has 0 atom stereocenters. The average Bonchev–Trinajstić information content (AvgIpc) is 2.69. The van der Waals surface area contributed by atoms with Crippen molar-refractivity contribution in [2.45, 2.75) is 11.1 Å². The van der Waals surface area contributed by atoms with Crippen LogP contribution in [0.4, 0.5) is 0 Å². The fourth-order valence-corrected chi connectivity index (χ4v) is 1.82. The fraction of sp³-hybridized carbons (Fsp3) is 0.250. The van der Waals surface area contributed by atoms with E-state index in [1.165, 1.54) is 12.1 Å². The Morgan fingerprint density at radius 2 is 1.60 bits per heavy atom. The molecule has 0 N–H and O–H groups in total. The van der Waals surface area contributed by atoms with Crippen LogP contribution in [-0.2, 0) is 9.84 Å². The predicted octanol–water partition coefficient (Wildman–Crippen LogP) is 1.92. The number of benzene rings is 1. The van der Waals surface area contributed by atoms with Crippen LogP contribution in [0.5, 0.6) is 0 Å². The van der Waals surface area contributed by atoms with Gasteiger partial charge in [-0.05, 0) is 22.6 Å². The van der Waals surface area contributed by atoms with E-state index in [4.69, 9.17) is 0 Å². The Labute approximate surface area is 86.6 Å². The van der Waals surface area contributed by atoms with Gasteiger partial charge < -0.3 is 0 Å². The molecule has 0 fully saturated rings. The molecule has 1 aliphatic rings. The molecule has 0 radical (unpaired) electrons. The first-order valence-electron chi connectivity index (χ1n) is 4.17.